The normalized spacial score (nSPS) is 10.8. The first-order valence-corrected chi connectivity index (χ1v) is 8.84. The number of nitrogens with zero attached hydrogens (tertiary/aromatic N) is 4. The largest absolute Gasteiger partial charge is 0.492 e. The van der Waals surface area contributed by atoms with Gasteiger partial charge in [0, 0.05) is 6.20 Å². The van der Waals surface area contributed by atoms with Crippen molar-refractivity contribution in [2.24, 2.45) is 0 Å². The Hall–Kier alpha value is -4.19. The Morgan fingerprint density at radius 1 is 1.24 bits per heavy atom. The van der Waals surface area contributed by atoms with Crippen molar-refractivity contribution in [1.82, 2.24) is 25.9 Å². The molecule has 0 saturated heterocycles. The Morgan fingerprint density at radius 3 is 2.76 bits per heavy atom. The smallest absolute Gasteiger partial charge is 0.253 e. The zero-order chi connectivity index (χ0) is 20.5. The summed E-state index contributed by atoms with van der Waals surface area (Å²) in [5.74, 6) is 0.657. The molecule has 146 valence electrons. The van der Waals surface area contributed by atoms with E-state index in [-0.39, 0.29) is 17.3 Å². The monoisotopic (exact) mass is 389 g/mol. The summed E-state index contributed by atoms with van der Waals surface area (Å²) >= 11 is 0. The number of rotatable bonds is 8. The molecule has 0 aliphatic carbocycles. The number of carbonyl (C=O) groups excluding carboxylic acids is 1. The van der Waals surface area contributed by atoms with E-state index in [0.717, 1.165) is 11.3 Å². The molecule has 3 rings (SSSR count). The van der Waals surface area contributed by atoms with Gasteiger partial charge in [-0.2, -0.15) is 10.5 Å². The second-order valence-electron chi connectivity index (χ2n) is 6.01. The standard InChI is InChI=1S/C20H19N7O2/c1-14-6-8-16(9-7-14)29-11-10-22-20(28)17-4-2-3-5-18(17)23-13-15(12-21)19-24-26-27-25-19/h2-9,13,23H,10-11H2,1H3,(H,22,28)(H,24,25,26,27). The quantitative estimate of drug-likeness (QED) is 0.398. The maximum absolute atomic E-state index is 12.5. The number of ether oxygens (including phenoxy) is 1. The molecule has 2 aromatic carbocycles. The van der Waals surface area contributed by atoms with Crippen molar-refractivity contribution in [3.8, 4) is 11.8 Å². The van der Waals surface area contributed by atoms with Crippen LogP contribution in [0.5, 0.6) is 5.75 Å². The zero-order valence-electron chi connectivity index (χ0n) is 15.7. The van der Waals surface area contributed by atoms with Gasteiger partial charge in [-0.1, -0.05) is 29.8 Å². The van der Waals surface area contributed by atoms with E-state index in [1.165, 1.54) is 6.20 Å². The Balaban J connectivity index is 1.58. The van der Waals surface area contributed by atoms with Gasteiger partial charge in [-0.05, 0) is 36.4 Å². The Kier molecular flexibility index (Phi) is 6.52. The van der Waals surface area contributed by atoms with Crippen LogP contribution in [0.4, 0.5) is 5.69 Å². The van der Waals surface area contributed by atoms with Gasteiger partial charge in [0.2, 0.25) is 5.82 Å². The van der Waals surface area contributed by atoms with Gasteiger partial charge in [-0.25, -0.2) is 0 Å². The lowest BCUT2D eigenvalue weighted by Crippen LogP contribution is -2.28. The van der Waals surface area contributed by atoms with Gasteiger partial charge in [0.05, 0.1) is 17.8 Å². The Bertz CT molecular complexity index is 1020. The van der Waals surface area contributed by atoms with Gasteiger partial charge in [-0.15, -0.1) is 10.2 Å². The molecule has 0 unspecified atom stereocenters. The fraction of sp³-hybridized carbons (Fsp3) is 0.150. The zero-order valence-corrected chi connectivity index (χ0v) is 15.7. The van der Waals surface area contributed by atoms with Crippen LogP contribution in [0.15, 0.2) is 54.7 Å². The molecule has 0 atom stereocenters. The minimum absolute atomic E-state index is 0.162. The molecule has 9 heteroatoms. The summed E-state index contributed by atoms with van der Waals surface area (Å²) in [5.41, 5.74) is 2.31. The first-order chi connectivity index (χ1) is 14.2. The number of aromatic nitrogens is 4. The molecule has 0 bridgehead atoms. The molecule has 0 spiro atoms. The number of nitriles is 1. The van der Waals surface area contributed by atoms with E-state index in [1.807, 2.05) is 37.3 Å². The molecule has 0 radical (unpaired) electrons. The Labute approximate surface area is 167 Å². The van der Waals surface area contributed by atoms with Crippen molar-refractivity contribution in [2.75, 3.05) is 18.5 Å². The number of H-pyrrole nitrogens is 1. The predicted octanol–water partition coefficient (Wildman–Crippen LogP) is 2.29. The van der Waals surface area contributed by atoms with Crippen LogP contribution < -0.4 is 15.4 Å². The lowest BCUT2D eigenvalue weighted by molar-refractivity contribution is 0.0948. The molecule has 0 aliphatic heterocycles. The highest BCUT2D eigenvalue weighted by Crippen LogP contribution is 2.17. The van der Waals surface area contributed by atoms with Crippen LogP contribution >= 0.6 is 0 Å². The number of nitrogens with one attached hydrogen (secondary N) is 3. The predicted molar refractivity (Wildman–Crippen MR) is 107 cm³/mol. The van der Waals surface area contributed by atoms with E-state index < -0.39 is 0 Å². The number of hydrogen-bond donors (Lipinski definition) is 3. The van der Waals surface area contributed by atoms with E-state index in [1.54, 1.807) is 24.3 Å². The summed E-state index contributed by atoms with van der Waals surface area (Å²) in [4.78, 5) is 12.5. The molecular weight excluding hydrogens is 370 g/mol. The van der Waals surface area contributed by atoms with Crippen LogP contribution in [-0.4, -0.2) is 39.7 Å². The molecular formula is C20H19N7O2. The van der Waals surface area contributed by atoms with Crippen molar-refractivity contribution in [3.05, 3.63) is 71.7 Å². The van der Waals surface area contributed by atoms with E-state index in [4.69, 9.17) is 4.74 Å². The topological polar surface area (TPSA) is 129 Å². The third-order valence-corrected chi connectivity index (χ3v) is 3.93. The van der Waals surface area contributed by atoms with Crippen molar-refractivity contribution in [3.63, 3.8) is 0 Å². The van der Waals surface area contributed by atoms with Crippen LogP contribution in [0.3, 0.4) is 0 Å². The number of aromatic amines is 1. The fourth-order valence-electron chi connectivity index (χ4n) is 2.44. The van der Waals surface area contributed by atoms with E-state index in [9.17, 15) is 10.1 Å². The number of para-hydroxylation sites is 1. The van der Waals surface area contributed by atoms with Crippen LogP contribution in [0.1, 0.15) is 21.7 Å². The minimum Gasteiger partial charge on any atom is -0.492 e. The highest BCUT2D eigenvalue weighted by Gasteiger charge is 2.11. The molecule has 1 amide bonds. The number of benzene rings is 2. The maximum atomic E-state index is 12.5. The van der Waals surface area contributed by atoms with Crippen LogP contribution in [-0.2, 0) is 0 Å². The molecule has 3 aromatic rings. The van der Waals surface area contributed by atoms with Crippen LogP contribution in [0.25, 0.3) is 5.57 Å². The molecule has 1 heterocycles. The lowest BCUT2D eigenvalue weighted by atomic mass is 10.1. The van der Waals surface area contributed by atoms with Gasteiger partial charge < -0.3 is 15.4 Å². The highest BCUT2D eigenvalue weighted by molar-refractivity contribution is 6.00. The number of anilines is 1. The number of allylic oxidation sites excluding steroid dienone is 1. The Morgan fingerprint density at radius 2 is 2.03 bits per heavy atom. The van der Waals surface area contributed by atoms with Gasteiger partial charge >= 0.3 is 0 Å². The number of hydrogen-bond acceptors (Lipinski definition) is 7. The van der Waals surface area contributed by atoms with E-state index in [2.05, 4.69) is 31.3 Å². The molecule has 29 heavy (non-hydrogen) atoms. The number of amides is 1. The summed E-state index contributed by atoms with van der Waals surface area (Å²) < 4.78 is 5.61. The summed E-state index contributed by atoms with van der Waals surface area (Å²) in [5, 5.41) is 28.3. The van der Waals surface area contributed by atoms with E-state index in [0.29, 0.717) is 24.4 Å². The first-order valence-electron chi connectivity index (χ1n) is 8.84. The fourth-order valence-corrected chi connectivity index (χ4v) is 2.44. The van der Waals surface area contributed by atoms with Gasteiger partial charge in [0.25, 0.3) is 5.91 Å². The molecule has 0 fully saturated rings. The number of aryl methyl sites for hydroxylation is 1. The molecule has 9 nitrogen and oxygen atoms in total. The first kappa shape index (κ1) is 19.6. The highest BCUT2D eigenvalue weighted by atomic mass is 16.5. The van der Waals surface area contributed by atoms with Gasteiger partial charge in [0.1, 0.15) is 24.0 Å². The summed E-state index contributed by atoms with van der Waals surface area (Å²) in [6.07, 6.45) is 1.43. The lowest BCUT2D eigenvalue weighted by Gasteiger charge is -2.11. The summed E-state index contributed by atoms with van der Waals surface area (Å²) in [7, 11) is 0. The molecule has 1 aromatic heterocycles. The van der Waals surface area contributed by atoms with Crippen LogP contribution in [0.2, 0.25) is 0 Å². The van der Waals surface area contributed by atoms with Crippen molar-refractivity contribution < 1.29 is 9.53 Å². The van der Waals surface area contributed by atoms with Gasteiger partial charge in [-0.3, -0.25) is 4.79 Å². The SMILES string of the molecule is Cc1ccc(OCCNC(=O)c2ccccc2NC=C(C#N)c2nn[nH]n2)cc1. The van der Waals surface area contributed by atoms with Crippen LogP contribution in [0, 0.1) is 18.3 Å². The summed E-state index contributed by atoms with van der Waals surface area (Å²) in [6.45, 7) is 2.70. The van der Waals surface area contributed by atoms with Gasteiger partial charge in [0.15, 0.2) is 0 Å². The molecule has 3 N–H and O–H groups in total. The average Bonchev–Trinajstić information content (AvgIpc) is 3.28. The van der Waals surface area contributed by atoms with Crippen molar-refractivity contribution >= 4 is 17.2 Å². The third kappa shape index (κ3) is 5.40. The van der Waals surface area contributed by atoms with Crippen molar-refractivity contribution in [2.45, 2.75) is 6.92 Å². The third-order valence-electron chi connectivity index (χ3n) is 3.93. The second kappa shape index (κ2) is 9.66. The number of tetrazole rings is 1. The van der Waals surface area contributed by atoms with Crippen molar-refractivity contribution in [1.29, 1.82) is 5.26 Å². The number of carbonyl (C=O) groups is 1. The van der Waals surface area contributed by atoms with E-state index >= 15 is 0 Å². The molecule has 0 aliphatic rings. The molecule has 0 saturated carbocycles. The minimum atomic E-state index is -0.257. The maximum Gasteiger partial charge on any atom is 0.253 e. The second-order valence-corrected chi connectivity index (χ2v) is 6.01. The average molecular weight is 389 g/mol. The summed E-state index contributed by atoms with van der Waals surface area (Å²) in [6, 6.07) is 16.7.